The summed E-state index contributed by atoms with van der Waals surface area (Å²) in [4.78, 5) is 0. The molecule has 14 heavy (non-hydrogen) atoms. The molecule has 1 atom stereocenters. The van der Waals surface area contributed by atoms with Gasteiger partial charge in [-0.05, 0) is 20.8 Å². The summed E-state index contributed by atoms with van der Waals surface area (Å²) in [5.74, 6) is 0.431. The van der Waals surface area contributed by atoms with Gasteiger partial charge in [0.25, 0.3) is 0 Å². The number of rotatable bonds is 3. The standard InChI is InChI=1S/C9H17NO2S2/c1-4-10-8(13)14-6-7-5-11-9(2,3)12-7/h7H,4-6H2,1-3H3,(H,10,13)/t7-/m1/s1. The summed E-state index contributed by atoms with van der Waals surface area (Å²) in [7, 11) is 0. The average molecular weight is 235 g/mol. The molecule has 1 aliphatic rings. The molecule has 0 aromatic rings. The van der Waals surface area contributed by atoms with E-state index in [1.807, 2.05) is 20.8 Å². The van der Waals surface area contributed by atoms with Crippen LogP contribution in [0.5, 0.6) is 0 Å². The minimum atomic E-state index is -0.426. The predicted molar refractivity (Wildman–Crippen MR) is 63.6 cm³/mol. The molecule has 1 aliphatic heterocycles. The highest BCUT2D eigenvalue weighted by molar-refractivity contribution is 8.23. The van der Waals surface area contributed by atoms with E-state index in [0.717, 1.165) is 16.6 Å². The van der Waals surface area contributed by atoms with Gasteiger partial charge < -0.3 is 14.8 Å². The lowest BCUT2D eigenvalue weighted by Gasteiger charge is -2.16. The van der Waals surface area contributed by atoms with E-state index in [1.54, 1.807) is 11.8 Å². The average Bonchev–Trinajstić information content (AvgIpc) is 2.43. The Morgan fingerprint density at radius 2 is 2.36 bits per heavy atom. The van der Waals surface area contributed by atoms with Gasteiger partial charge in [-0.2, -0.15) is 0 Å². The van der Waals surface area contributed by atoms with E-state index in [1.165, 1.54) is 0 Å². The molecule has 1 saturated heterocycles. The van der Waals surface area contributed by atoms with Crippen LogP contribution in [-0.4, -0.2) is 35.1 Å². The molecule has 0 radical (unpaired) electrons. The molecule has 0 amide bonds. The Morgan fingerprint density at radius 1 is 1.64 bits per heavy atom. The fourth-order valence-corrected chi connectivity index (χ4v) is 2.31. The number of thioether (sulfide) groups is 1. The summed E-state index contributed by atoms with van der Waals surface area (Å²) >= 11 is 6.71. The van der Waals surface area contributed by atoms with Crippen LogP contribution in [0.4, 0.5) is 0 Å². The molecule has 0 bridgehead atoms. The second kappa shape index (κ2) is 5.30. The van der Waals surface area contributed by atoms with E-state index in [0.29, 0.717) is 6.61 Å². The second-order valence-corrected chi connectivity index (χ2v) is 5.28. The molecular formula is C9H17NO2S2. The van der Waals surface area contributed by atoms with Gasteiger partial charge in [0, 0.05) is 12.3 Å². The van der Waals surface area contributed by atoms with Crippen LogP contribution in [0.3, 0.4) is 0 Å². The lowest BCUT2D eigenvalue weighted by atomic mass is 10.4. The Kier molecular flexibility index (Phi) is 4.63. The predicted octanol–water partition coefficient (Wildman–Crippen LogP) is 1.77. The van der Waals surface area contributed by atoms with Crippen molar-refractivity contribution in [3.63, 3.8) is 0 Å². The molecule has 5 heteroatoms. The maximum Gasteiger partial charge on any atom is 0.163 e. The summed E-state index contributed by atoms with van der Waals surface area (Å²) in [6.45, 7) is 7.43. The number of ether oxygens (including phenoxy) is 2. The minimum Gasteiger partial charge on any atom is -0.371 e. The first kappa shape index (κ1) is 12.2. The number of hydrogen-bond donors (Lipinski definition) is 1. The summed E-state index contributed by atoms with van der Waals surface area (Å²) in [5, 5.41) is 3.09. The van der Waals surface area contributed by atoms with E-state index in [2.05, 4.69) is 5.32 Å². The Morgan fingerprint density at radius 3 is 2.86 bits per heavy atom. The van der Waals surface area contributed by atoms with Gasteiger partial charge in [-0.15, -0.1) is 0 Å². The smallest absolute Gasteiger partial charge is 0.163 e. The Balaban J connectivity index is 2.17. The Hall–Kier alpha value is 0.160. The van der Waals surface area contributed by atoms with Crippen molar-refractivity contribution in [1.29, 1.82) is 0 Å². The number of nitrogens with one attached hydrogen (secondary N) is 1. The van der Waals surface area contributed by atoms with Crippen molar-refractivity contribution in [2.24, 2.45) is 0 Å². The number of hydrogen-bond acceptors (Lipinski definition) is 4. The molecule has 1 heterocycles. The van der Waals surface area contributed by atoms with Crippen LogP contribution >= 0.6 is 24.0 Å². The van der Waals surface area contributed by atoms with Gasteiger partial charge in [0.1, 0.15) is 4.32 Å². The van der Waals surface area contributed by atoms with Gasteiger partial charge >= 0.3 is 0 Å². The normalized spacial score (nSPS) is 24.9. The summed E-state index contributed by atoms with van der Waals surface area (Å²) in [6.07, 6.45) is 0.159. The van der Waals surface area contributed by atoms with Gasteiger partial charge in [-0.1, -0.05) is 24.0 Å². The van der Waals surface area contributed by atoms with Gasteiger partial charge in [0.2, 0.25) is 0 Å². The zero-order valence-electron chi connectivity index (χ0n) is 8.83. The molecule has 0 saturated carbocycles. The van der Waals surface area contributed by atoms with Gasteiger partial charge in [0.05, 0.1) is 12.7 Å². The van der Waals surface area contributed by atoms with Crippen molar-refractivity contribution in [2.45, 2.75) is 32.7 Å². The van der Waals surface area contributed by atoms with Crippen LogP contribution in [0.2, 0.25) is 0 Å². The van der Waals surface area contributed by atoms with Crippen molar-refractivity contribution >= 4 is 28.3 Å². The van der Waals surface area contributed by atoms with Gasteiger partial charge in [-0.3, -0.25) is 0 Å². The third kappa shape index (κ3) is 4.13. The highest BCUT2D eigenvalue weighted by Crippen LogP contribution is 2.24. The van der Waals surface area contributed by atoms with Crippen molar-refractivity contribution < 1.29 is 9.47 Å². The summed E-state index contributed by atoms with van der Waals surface area (Å²) < 4.78 is 11.9. The molecule has 0 aromatic heterocycles. The molecule has 82 valence electrons. The quantitative estimate of drug-likeness (QED) is 0.753. The maximum atomic E-state index is 5.65. The van der Waals surface area contributed by atoms with Gasteiger partial charge in [0.15, 0.2) is 5.79 Å². The lowest BCUT2D eigenvalue weighted by molar-refractivity contribution is -0.135. The molecular weight excluding hydrogens is 218 g/mol. The van der Waals surface area contributed by atoms with Crippen LogP contribution in [0.15, 0.2) is 0 Å². The minimum absolute atomic E-state index is 0.159. The summed E-state index contributed by atoms with van der Waals surface area (Å²) in [6, 6.07) is 0. The molecule has 3 nitrogen and oxygen atoms in total. The van der Waals surface area contributed by atoms with Crippen LogP contribution in [0.1, 0.15) is 20.8 Å². The molecule has 0 unspecified atom stereocenters. The largest absolute Gasteiger partial charge is 0.371 e. The van der Waals surface area contributed by atoms with E-state index in [9.17, 15) is 0 Å². The first-order chi connectivity index (χ1) is 6.53. The topological polar surface area (TPSA) is 30.5 Å². The van der Waals surface area contributed by atoms with Crippen molar-refractivity contribution in [3.05, 3.63) is 0 Å². The lowest BCUT2D eigenvalue weighted by Crippen LogP contribution is -2.24. The molecule has 0 aromatic carbocycles. The second-order valence-electron chi connectivity index (χ2n) is 3.58. The van der Waals surface area contributed by atoms with Crippen LogP contribution in [-0.2, 0) is 9.47 Å². The van der Waals surface area contributed by atoms with E-state index in [4.69, 9.17) is 21.7 Å². The van der Waals surface area contributed by atoms with E-state index < -0.39 is 5.79 Å². The van der Waals surface area contributed by atoms with Crippen LogP contribution < -0.4 is 5.32 Å². The Bertz CT molecular complexity index is 209. The zero-order valence-corrected chi connectivity index (χ0v) is 10.5. The molecule has 0 aliphatic carbocycles. The van der Waals surface area contributed by atoms with Crippen molar-refractivity contribution in [3.8, 4) is 0 Å². The van der Waals surface area contributed by atoms with E-state index in [-0.39, 0.29) is 6.10 Å². The van der Waals surface area contributed by atoms with Crippen LogP contribution in [0.25, 0.3) is 0 Å². The number of thiocarbonyl (C=S) groups is 1. The molecule has 1 rings (SSSR count). The molecule has 1 fully saturated rings. The van der Waals surface area contributed by atoms with Crippen LogP contribution in [0, 0.1) is 0 Å². The van der Waals surface area contributed by atoms with E-state index >= 15 is 0 Å². The fraction of sp³-hybridized carbons (Fsp3) is 0.889. The fourth-order valence-electron chi connectivity index (χ4n) is 1.21. The zero-order chi connectivity index (χ0) is 10.6. The highest BCUT2D eigenvalue weighted by Gasteiger charge is 2.32. The highest BCUT2D eigenvalue weighted by atomic mass is 32.2. The maximum absolute atomic E-state index is 5.65. The Labute approximate surface area is 94.9 Å². The van der Waals surface area contributed by atoms with Crippen molar-refractivity contribution in [1.82, 2.24) is 5.32 Å². The SMILES string of the molecule is CCNC(=S)SC[C@H]1COC(C)(C)O1. The molecule has 1 N–H and O–H groups in total. The van der Waals surface area contributed by atoms with Gasteiger partial charge in [-0.25, -0.2) is 0 Å². The first-order valence-corrected chi connectivity index (χ1v) is 6.15. The first-order valence-electron chi connectivity index (χ1n) is 4.76. The third-order valence-corrected chi connectivity index (χ3v) is 3.23. The molecule has 0 spiro atoms. The summed E-state index contributed by atoms with van der Waals surface area (Å²) in [5.41, 5.74) is 0. The monoisotopic (exact) mass is 235 g/mol. The third-order valence-electron chi connectivity index (χ3n) is 1.79. The van der Waals surface area contributed by atoms with Crippen molar-refractivity contribution in [2.75, 3.05) is 18.9 Å².